The van der Waals surface area contributed by atoms with E-state index in [9.17, 15) is 4.79 Å². The highest BCUT2D eigenvalue weighted by Gasteiger charge is 2.27. The molecule has 3 nitrogen and oxygen atoms in total. The number of rotatable bonds is 6. The van der Waals surface area contributed by atoms with E-state index in [0.29, 0.717) is 5.78 Å². The Balaban J connectivity index is 1.60. The summed E-state index contributed by atoms with van der Waals surface area (Å²) >= 11 is 0. The third-order valence-electron chi connectivity index (χ3n) is 4.41. The van der Waals surface area contributed by atoms with E-state index in [4.69, 9.17) is 0 Å². The molecule has 18 heavy (non-hydrogen) atoms. The summed E-state index contributed by atoms with van der Waals surface area (Å²) in [6, 6.07) is 0.818. The van der Waals surface area contributed by atoms with Gasteiger partial charge in [0.25, 0.3) is 0 Å². The smallest absolute Gasteiger partial charge is 0.129 e. The van der Waals surface area contributed by atoms with Crippen molar-refractivity contribution < 1.29 is 4.79 Å². The molecular weight excluding hydrogens is 224 g/mol. The van der Waals surface area contributed by atoms with Crippen molar-refractivity contribution in [2.24, 2.45) is 0 Å². The standard InChI is InChI=1S/C15H28N2O/c1-14(18)7-3-6-9-16-12-8-15(13-16)17-10-4-2-5-11-17/h15H,2-13H2,1H3. The Morgan fingerprint density at radius 2 is 1.89 bits per heavy atom. The first kappa shape index (κ1) is 14.0. The van der Waals surface area contributed by atoms with Crippen LogP contribution in [0.1, 0.15) is 51.9 Å². The lowest BCUT2D eigenvalue weighted by Gasteiger charge is -2.32. The van der Waals surface area contributed by atoms with Crippen molar-refractivity contribution in [3.8, 4) is 0 Å². The number of hydrogen-bond acceptors (Lipinski definition) is 3. The van der Waals surface area contributed by atoms with E-state index >= 15 is 0 Å². The van der Waals surface area contributed by atoms with Crippen molar-refractivity contribution in [2.45, 2.75) is 57.9 Å². The summed E-state index contributed by atoms with van der Waals surface area (Å²) in [7, 11) is 0. The van der Waals surface area contributed by atoms with Crippen LogP contribution < -0.4 is 0 Å². The number of ketones is 1. The fourth-order valence-corrected chi connectivity index (χ4v) is 3.31. The summed E-state index contributed by atoms with van der Waals surface area (Å²) in [4.78, 5) is 16.2. The lowest BCUT2D eigenvalue weighted by molar-refractivity contribution is -0.117. The van der Waals surface area contributed by atoms with Gasteiger partial charge in [0.1, 0.15) is 5.78 Å². The van der Waals surface area contributed by atoms with Crippen molar-refractivity contribution in [3.05, 3.63) is 0 Å². The average molecular weight is 252 g/mol. The maximum absolute atomic E-state index is 10.9. The molecule has 2 saturated heterocycles. The molecule has 2 heterocycles. The van der Waals surface area contributed by atoms with Crippen molar-refractivity contribution >= 4 is 5.78 Å². The molecular formula is C15H28N2O. The topological polar surface area (TPSA) is 23.6 Å². The Kier molecular flexibility index (Phi) is 5.64. The van der Waals surface area contributed by atoms with Gasteiger partial charge in [-0.1, -0.05) is 6.42 Å². The first-order valence-electron chi connectivity index (χ1n) is 7.71. The molecule has 2 fully saturated rings. The molecule has 0 radical (unpaired) electrons. The Morgan fingerprint density at radius 1 is 1.11 bits per heavy atom. The number of carbonyl (C=O) groups is 1. The highest BCUT2D eigenvalue weighted by molar-refractivity contribution is 5.75. The first-order chi connectivity index (χ1) is 8.75. The summed E-state index contributed by atoms with van der Waals surface area (Å²) in [6.07, 6.45) is 8.60. The second-order valence-electron chi connectivity index (χ2n) is 6.00. The zero-order valence-corrected chi connectivity index (χ0v) is 11.9. The SMILES string of the molecule is CC(=O)CCCCN1CCC(N2CCCCC2)C1. The minimum atomic E-state index is 0.336. The predicted molar refractivity (Wildman–Crippen MR) is 74.8 cm³/mol. The van der Waals surface area contributed by atoms with E-state index < -0.39 is 0 Å². The summed E-state index contributed by atoms with van der Waals surface area (Å²) < 4.78 is 0. The lowest BCUT2D eigenvalue weighted by atomic mass is 10.1. The number of Topliss-reactive ketones (excluding diaryl/α,β-unsaturated/α-hetero) is 1. The van der Waals surface area contributed by atoms with E-state index in [2.05, 4.69) is 9.80 Å². The Hall–Kier alpha value is -0.410. The Bertz CT molecular complexity index is 261. The third kappa shape index (κ3) is 4.36. The minimum absolute atomic E-state index is 0.336. The Labute approximate surface area is 112 Å². The molecule has 2 rings (SSSR count). The molecule has 0 amide bonds. The second kappa shape index (κ2) is 7.25. The van der Waals surface area contributed by atoms with Gasteiger partial charge in [-0.25, -0.2) is 0 Å². The van der Waals surface area contributed by atoms with Crippen LogP contribution in [0, 0.1) is 0 Å². The fourth-order valence-electron chi connectivity index (χ4n) is 3.31. The number of unbranched alkanes of at least 4 members (excludes halogenated alkanes) is 1. The van der Waals surface area contributed by atoms with Gasteiger partial charge in [-0.15, -0.1) is 0 Å². The fraction of sp³-hybridized carbons (Fsp3) is 0.933. The summed E-state index contributed by atoms with van der Waals surface area (Å²) in [5.41, 5.74) is 0. The molecule has 0 aromatic rings. The zero-order chi connectivity index (χ0) is 12.8. The largest absolute Gasteiger partial charge is 0.302 e. The van der Waals surface area contributed by atoms with Crippen LogP contribution in [-0.2, 0) is 4.79 Å². The van der Waals surface area contributed by atoms with Gasteiger partial charge in [0.15, 0.2) is 0 Å². The van der Waals surface area contributed by atoms with Crippen LogP contribution in [0.2, 0.25) is 0 Å². The van der Waals surface area contributed by atoms with Crippen LogP contribution in [-0.4, -0.2) is 54.3 Å². The van der Waals surface area contributed by atoms with Crippen molar-refractivity contribution in [2.75, 3.05) is 32.7 Å². The molecule has 0 spiro atoms. The molecule has 1 atom stereocenters. The van der Waals surface area contributed by atoms with Gasteiger partial charge in [-0.3, -0.25) is 4.90 Å². The van der Waals surface area contributed by atoms with Gasteiger partial charge in [0, 0.05) is 19.0 Å². The van der Waals surface area contributed by atoms with E-state index in [1.165, 1.54) is 64.8 Å². The van der Waals surface area contributed by atoms with Gasteiger partial charge in [0.05, 0.1) is 0 Å². The normalized spacial score (nSPS) is 26.6. The van der Waals surface area contributed by atoms with Crippen molar-refractivity contribution in [1.82, 2.24) is 9.80 Å². The van der Waals surface area contributed by atoms with Crippen LogP contribution in [0.4, 0.5) is 0 Å². The van der Waals surface area contributed by atoms with Gasteiger partial charge in [-0.05, 0) is 65.2 Å². The monoisotopic (exact) mass is 252 g/mol. The molecule has 0 aliphatic carbocycles. The first-order valence-corrected chi connectivity index (χ1v) is 7.71. The average Bonchev–Trinajstić information content (AvgIpc) is 2.84. The zero-order valence-electron chi connectivity index (χ0n) is 11.9. The van der Waals surface area contributed by atoms with E-state index in [-0.39, 0.29) is 0 Å². The molecule has 0 saturated carbocycles. The number of likely N-dealkylation sites (tertiary alicyclic amines) is 2. The molecule has 2 aliphatic heterocycles. The van der Waals surface area contributed by atoms with Crippen LogP contribution in [0.3, 0.4) is 0 Å². The summed E-state index contributed by atoms with van der Waals surface area (Å²) in [6.45, 7) is 8.06. The molecule has 1 unspecified atom stereocenters. The maximum atomic E-state index is 10.9. The van der Waals surface area contributed by atoms with Gasteiger partial charge >= 0.3 is 0 Å². The van der Waals surface area contributed by atoms with Gasteiger partial charge in [-0.2, -0.15) is 0 Å². The number of hydrogen-bond donors (Lipinski definition) is 0. The van der Waals surface area contributed by atoms with Gasteiger partial charge in [0.2, 0.25) is 0 Å². The molecule has 2 aliphatic rings. The van der Waals surface area contributed by atoms with Gasteiger partial charge < -0.3 is 9.69 Å². The number of carbonyl (C=O) groups excluding carboxylic acids is 1. The molecule has 0 aromatic heterocycles. The quantitative estimate of drug-likeness (QED) is 0.678. The minimum Gasteiger partial charge on any atom is -0.302 e. The molecule has 0 aromatic carbocycles. The summed E-state index contributed by atoms with van der Waals surface area (Å²) in [5.74, 6) is 0.336. The third-order valence-corrected chi connectivity index (χ3v) is 4.41. The van der Waals surface area contributed by atoms with Crippen LogP contribution in [0.5, 0.6) is 0 Å². The van der Waals surface area contributed by atoms with E-state index in [0.717, 1.165) is 18.9 Å². The summed E-state index contributed by atoms with van der Waals surface area (Å²) in [5, 5.41) is 0. The van der Waals surface area contributed by atoms with E-state index in [1.54, 1.807) is 6.92 Å². The number of nitrogens with zero attached hydrogens (tertiary/aromatic N) is 2. The molecule has 0 bridgehead atoms. The number of piperidine rings is 1. The van der Waals surface area contributed by atoms with Crippen LogP contribution in [0.15, 0.2) is 0 Å². The molecule has 0 N–H and O–H groups in total. The predicted octanol–water partition coefficient (Wildman–Crippen LogP) is 2.31. The highest BCUT2D eigenvalue weighted by Crippen LogP contribution is 2.20. The van der Waals surface area contributed by atoms with Crippen molar-refractivity contribution in [1.29, 1.82) is 0 Å². The molecule has 3 heteroatoms. The highest BCUT2D eigenvalue weighted by atomic mass is 16.1. The lowest BCUT2D eigenvalue weighted by Crippen LogP contribution is -2.40. The second-order valence-corrected chi connectivity index (χ2v) is 6.00. The van der Waals surface area contributed by atoms with Crippen LogP contribution >= 0.6 is 0 Å². The maximum Gasteiger partial charge on any atom is 0.129 e. The molecule has 104 valence electrons. The van der Waals surface area contributed by atoms with E-state index in [1.807, 2.05) is 0 Å². The van der Waals surface area contributed by atoms with Crippen molar-refractivity contribution in [3.63, 3.8) is 0 Å². The Morgan fingerprint density at radius 3 is 2.61 bits per heavy atom. The van der Waals surface area contributed by atoms with Crippen LogP contribution in [0.25, 0.3) is 0 Å².